The van der Waals surface area contributed by atoms with Gasteiger partial charge in [0.05, 0.1) is 18.1 Å². The Bertz CT molecular complexity index is 1090. The highest BCUT2D eigenvalue weighted by atomic mass is 16.5. The van der Waals surface area contributed by atoms with Gasteiger partial charge in [-0.1, -0.05) is 42.0 Å². The number of carbonyl (C=O) groups excluding carboxylic acids is 2. The van der Waals surface area contributed by atoms with Crippen LogP contribution < -0.4 is 9.64 Å². The smallest absolute Gasteiger partial charge is 0.254 e. The van der Waals surface area contributed by atoms with Crippen molar-refractivity contribution in [2.45, 2.75) is 20.0 Å². The Morgan fingerprint density at radius 2 is 1.69 bits per heavy atom. The van der Waals surface area contributed by atoms with Crippen LogP contribution in [-0.2, 0) is 16.2 Å². The third kappa shape index (κ3) is 3.49. The number of aryl methyl sites for hydroxylation is 1. The molecule has 3 aliphatic rings. The number of hydrazone groups is 1. The van der Waals surface area contributed by atoms with E-state index >= 15 is 0 Å². The number of hydrogen-bond acceptors (Lipinski definition) is 5. The zero-order valence-corrected chi connectivity index (χ0v) is 18.6. The fourth-order valence-electron chi connectivity index (χ4n) is 5.00. The maximum Gasteiger partial charge on any atom is 0.254 e. The van der Waals surface area contributed by atoms with Crippen LogP contribution >= 0.6 is 0 Å². The van der Waals surface area contributed by atoms with E-state index in [1.807, 2.05) is 49.3 Å². The summed E-state index contributed by atoms with van der Waals surface area (Å²) in [5.41, 5.74) is 3.98. The van der Waals surface area contributed by atoms with Gasteiger partial charge in [0.15, 0.2) is 0 Å². The quantitative estimate of drug-likeness (QED) is 0.398. The number of imide groups is 1. The molecular weight excluding hydrogens is 402 g/mol. The van der Waals surface area contributed by atoms with Gasteiger partial charge >= 0.3 is 0 Å². The second-order valence-electron chi connectivity index (χ2n) is 9.12. The Hall–Kier alpha value is -3.41. The zero-order chi connectivity index (χ0) is 22.4. The van der Waals surface area contributed by atoms with Crippen molar-refractivity contribution in [1.29, 1.82) is 0 Å². The number of carbonyl (C=O) groups is 2. The van der Waals surface area contributed by atoms with Gasteiger partial charge in [0, 0.05) is 31.4 Å². The van der Waals surface area contributed by atoms with E-state index in [1.54, 1.807) is 6.21 Å². The van der Waals surface area contributed by atoms with E-state index in [1.165, 1.54) is 5.56 Å². The minimum atomic E-state index is -0.247. The summed E-state index contributed by atoms with van der Waals surface area (Å²) in [5.74, 6) is 0.150. The lowest BCUT2D eigenvalue weighted by Crippen LogP contribution is -2.28. The molecule has 2 fully saturated rings. The number of nitrogens with zero attached hydrogens (tertiary/aromatic N) is 3. The SMILES string of the molecule is Cc1ccc(COc2cc(N(C)C)ccc2C=NN2C(=O)[C@@H]3[C@H](C2=O)[C@H]2C=C[C@H]3C2)cc1. The van der Waals surface area contributed by atoms with E-state index in [0.717, 1.165) is 28.2 Å². The second kappa shape index (κ2) is 7.93. The van der Waals surface area contributed by atoms with Crippen molar-refractivity contribution in [1.82, 2.24) is 5.01 Å². The van der Waals surface area contributed by atoms with E-state index in [9.17, 15) is 9.59 Å². The van der Waals surface area contributed by atoms with Gasteiger partial charge in [-0.25, -0.2) is 0 Å². The van der Waals surface area contributed by atoms with Crippen molar-refractivity contribution in [2.24, 2.45) is 28.8 Å². The molecule has 2 aliphatic carbocycles. The Morgan fingerprint density at radius 3 is 2.31 bits per heavy atom. The van der Waals surface area contributed by atoms with Crippen LogP contribution in [-0.4, -0.2) is 37.1 Å². The summed E-state index contributed by atoms with van der Waals surface area (Å²) in [7, 11) is 3.94. The molecule has 2 amide bonds. The van der Waals surface area contributed by atoms with Gasteiger partial charge in [-0.3, -0.25) is 9.59 Å². The van der Waals surface area contributed by atoms with Gasteiger partial charge in [0.2, 0.25) is 0 Å². The molecule has 2 aromatic carbocycles. The Kier molecular flexibility index (Phi) is 5.08. The van der Waals surface area contributed by atoms with Gasteiger partial charge in [-0.2, -0.15) is 10.1 Å². The predicted octanol–water partition coefficient (Wildman–Crippen LogP) is 3.78. The van der Waals surface area contributed by atoms with Crippen molar-refractivity contribution in [3.63, 3.8) is 0 Å². The Morgan fingerprint density at radius 1 is 1.03 bits per heavy atom. The average molecular weight is 430 g/mol. The summed E-state index contributed by atoms with van der Waals surface area (Å²) in [4.78, 5) is 27.8. The highest BCUT2D eigenvalue weighted by Gasteiger charge is 2.59. The maximum absolute atomic E-state index is 12.9. The summed E-state index contributed by atoms with van der Waals surface area (Å²) in [6.45, 7) is 2.47. The lowest BCUT2D eigenvalue weighted by molar-refractivity contribution is -0.140. The van der Waals surface area contributed by atoms with E-state index < -0.39 is 0 Å². The molecule has 6 nitrogen and oxygen atoms in total. The standard InChI is InChI=1S/C26H27N3O3/c1-16-4-6-17(7-5-16)15-32-22-13-21(28(2)3)11-10-20(22)14-27-29-25(30)23-18-8-9-19(12-18)24(23)26(29)31/h4-11,13-14,18-19,23-24H,12,15H2,1-3H3/t18-,19-,23-,24+/m0/s1. The van der Waals surface area contributed by atoms with E-state index in [4.69, 9.17) is 4.74 Å². The second-order valence-corrected chi connectivity index (χ2v) is 9.12. The monoisotopic (exact) mass is 429 g/mol. The maximum atomic E-state index is 12.9. The molecule has 2 bridgehead atoms. The molecule has 32 heavy (non-hydrogen) atoms. The van der Waals surface area contributed by atoms with Crippen LogP contribution in [0.3, 0.4) is 0 Å². The molecule has 164 valence electrons. The van der Waals surface area contributed by atoms with E-state index in [0.29, 0.717) is 12.4 Å². The molecular formula is C26H27N3O3. The molecule has 5 rings (SSSR count). The first kappa shape index (κ1) is 20.5. The molecule has 6 heteroatoms. The fourth-order valence-corrected chi connectivity index (χ4v) is 5.00. The minimum Gasteiger partial charge on any atom is -0.488 e. The highest BCUT2D eigenvalue weighted by molar-refractivity contribution is 6.07. The Labute approximate surface area is 188 Å². The third-order valence-corrected chi connectivity index (χ3v) is 6.79. The summed E-state index contributed by atoms with van der Waals surface area (Å²) >= 11 is 0. The van der Waals surface area contributed by atoms with E-state index in [2.05, 4.69) is 36.3 Å². The summed E-state index contributed by atoms with van der Waals surface area (Å²) < 4.78 is 6.13. The number of fused-ring (bicyclic) bond motifs is 5. The molecule has 4 atom stereocenters. The van der Waals surface area contributed by atoms with Crippen LogP contribution in [0.2, 0.25) is 0 Å². The van der Waals surface area contributed by atoms with Gasteiger partial charge in [0.25, 0.3) is 11.8 Å². The summed E-state index contributed by atoms with van der Waals surface area (Å²) in [6.07, 6.45) is 6.64. The molecule has 1 aliphatic heterocycles. The number of benzene rings is 2. The molecule has 1 saturated heterocycles. The molecule has 0 spiro atoms. The predicted molar refractivity (Wildman–Crippen MR) is 123 cm³/mol. The van der Waals surface area contributed by atoms with Gasteiger partial charge in [0.1, 0.15) is 12.4 Å². The number of rotatable bonds is 6. The van der Waals surface area contributed by atoms with Crippen molar-refractivity contribution in [2.75, 3.05) is 19.0 Å². The van der Waals surface area contributed by atoms with Crippen molar-refractivity contribution >= 4 is 23.7 Å². The molecule has 2 aromatic rings. The number of ether oxygens (including phenoxy) is 1. The third-order valence-electron chi connectivity index (χ3n) is 6.79. The van der Waals surface area contributed by atoms with Crippen LogP contribution in [0.15, 0.2) is 59.7 Å². The number of anilines is 1. The molecule has 0 radical (unpaired) electrons. The largest absolute Gasteiger partial charge is 0.488 e. The van der Waals surface area contributed by atoms with Crippen LogP contribution in [0.4, 0.5) is 5.69 Å². The van der Waals surface area contributed by atoms with Gasteiger partial charge in [-0.15, -0.1) is 0 Å². The molecule has 1 saturated carbocycles. The first-order valence-corrected chi connectivity index (χ1v) is 11.0. The summed E-state index contributed by atoms with van der Waals surface area (Å²) in [6, 6.07) is 14.0. The van der Waals surface area contributed by atoms with Gasteiger partial charge in [-0.05, 0) is 42.9 Å². The molecule has 0 unspecified atom stereocenters. The number of amides is 2. The minimum absolute atomic E-state index is 0.175. The lowest BCUT2D eigenvalue weighted by atomic mass is 9.85. The number of hydrogen-bond donors (Lipinski definition) is 0. The van der Waals surface area contributed by atoms with Crippen LogP contribution in [0.5, 0.6) is 5.75 Å². The van der Waals surface area contributed by atoms with Crippen LogP contribution in [0, 0.1) is 30.6 Å². The zero-order valence-electron chi connectivity index (χ0n) is 18.6. The number of allylic oxidation sites excluding steroid dienone is 2. The van der Waals surface area contributed by atoms with Crippen LogP contribution in [0.25, 0.3) is 0 Å². The lowest BCUT2D eigenvalue weighted by Gasteiger charge is -2.16. The molecule has 1 heterocycles. The molecule has 0 aromatic heterocycles. The normalized spacial score (nSPS) is 25.8. The highest BCUT2D eigenvalue weighted by Crippen LogP contribution is 2.52. The topological polar surface area (TPSA) is 62.2 Å². The average Bonchev–Trinajstić information content (AvgIpc) is 3.46. The van der Waals surface area contributed by atoms with Crippen molar-refractivity contribution in [3.05, 3.63) is 71.3 Å². The van der Waals surface area contributed by atoms with E-state index in [-0.39, 0.29) is 35.5 Å². The first-order valence-electron chi connectivity index (χ1n) is 11.0. The van der Waals surface area contributed by atoms with Crippen molar-refractivity contribution in [3.8, 4) is 5.75 Å². The Balaban J connectivity index is 1.38. The molecule has 0 N–H and O–H groups in total. The van der Waals surface area contributed by atoms with Crippen LogP contribution in [0.1, 0.15) is 23.1 Å². The summed E-state index contributed by atoms with van der Waals surface area (Å²) in [5, 5.41) is 5.40. The first-order chi connectivity index (χ1) is 15.4. The van der Waals surface area contributed by atoms with Crippen molar-refractivity contribution < 1.29 is 14.3 Å². The van der Waals surface area contributed by atoms with Gasteiger partial charge < -0.3 is 9.64 Å². The fraction of sp³-hybridized carbons (Fsp3) is 0.346.